The van der Waals surface area contributed by atoms with Crippen LogP contribution >= 0.6 is 0 Å². The number of hydrogen-bond acceptors (Lipinski definition) is 5. The van der Waals surface area contributed by atoms with E-state index in [2.05, 4.69) is 0 Å². The lowest BCUT2D eigenvalue weighted by Crippen LogP contribution is -2.53. The van der Waals surface area contributed by atoms with Gasteiger partial charge in [-0.1, -0.05) is 0 Å². The van der Waals surface area contributed by atoms with Gasteiger partial charge in [0, 0.05) is 26.4 Å². The monoisotopic (exact) mass is 243 g/mol. The molecule has 2 aliphatic rings. The van der Waals surface area contributed by atoms with Gasteiger partial charge in [0.05, 0.1) is 6.61 Å². The van der Waals surface area contributed by atoms with Gasteiger partial charge in [-0.05, 0) is 31.6 Å². The molecule has 0 aromatic carbocycles. The smallest absolute Gasteiger partial charge is 0.326 e. The van der Waals surface area contributed by atoms with Crippen molar-refractivity contribution in [3.05, 3.63) is 0 Å². The van der Waals surface area contributed by atoms with Crippen molar-refractivity contribution in [3.8, 4) is 0 Å². The Bertz CT molecular complexity index is 257. The second kappa shape index (κ2) is 5.80. The standard InChI is InChI=1S/C12H21NO4/c13-12(3-7-16-8-4-12)11(14)17-9-10-1-5-15-6-2-10/h10H,1-9,13H2. The van der Waals surface area contributed by atoms with Crippen LogP contribution in [0.3, 0.4) is 0 Å². The summed E-state index contributed by atoms with van der Waals surface area (Å²) in [6.07, 6.45) is 3.04. The number of carbonyl (C=O) groups excluding carboxylic acids is 1. The molecule has 0 saturated carbocycles. The highest BCUT2D eigenvalue weighted by Gasteiger charge is 2.37. The predicted octanol–water partition coefficient (Wildman–Crippen LogP) is 0.464. The highest BCUT2D eigenvalue weighted by molar-refractivity contribution is 5.80. The third-order valence-electron chi connectivity index (χ3n) is 3.58. The van der Waals surface area contributed by atoms with E-state index in [1.165, 1.54) is 0 Å². The third kappa shape index (κ3) is 3.40. The van der Waals surface area contributed by atoms with Crippen LogP contribution in [0.4, 0.5) is 0 Å². The first-order chi connectivity index (χ1) is 8.21. The first-order valence-corrected chi connectivity index (χ1v) is 6.32. The Kier molecular flexibility index (Phi) is 4.36. The van der Waals surface area contributed by atoms with Crippen molar-refractivity contribution in [3.63, 3.8) is 0 Å². The number of hydrogen-bond donors (Lipinski definition) is 1. The molecule has 2 saturated heterocycles. The molecule has 2 N–H and O–H groups in total. The van der Waals surface area contributed by atoms with Gasteiger partial charge in [0.2, 0.25) is 0 Å². The normalized spacial score (nSPS) is 25.5. The molecule has 2 rings (SSSR count). The Labute approximate surface area is 102 Å². The van der Waals surface area contributed by atoms with Crippen molar-refractivity contribution in [1.82, 2.24) is 0 Å². The van der Waals surface area contributed by atoms with Crippen molar-refractivity contribution < 1.29 is 19.0 Å². The SMILES string of the molecule is NC1(C(=O)OCC2CCOCC2)CCOCC1. The van der Waals surface area contributed by atoms with Crippen LogP contribution in [-0.4, -0.2) is 44.5 Å². The van der Waals surface area contributed by atoms with Gasteiger partial charge in [-0.2, -0.15) is 0 Å². The summed E-state index contributed by atoms with van der Waals surface area (Å²) in [6, 6.07) is 0. The van der Waals surface area contributed by atoms with E-state index in [0.717, 1.165) is 26.1 Å². The van der Waals surface area contributed by atoms with Crippen LogP contribution in [0.2, 0.25) is 0 Å². The van der Waals surface area contributed by atoms with Crippen LogP contribution in [0.1, 0.15) is 25.7 Å². The number of nitrogens with two attached hydrogens (primary N) is 1. The number of esters is 1. The van der Waals surface area contributed by atoms with Gasteiger partial charge in [0.25, 0.3) is 0 Å². The van der Waals surface area contributed by atoms with Gasteiger partial charge < -0.3 is 19.9 Å². The molecule has 0 bridgehead atoms. The first-order valence-electron chi connectivity index (χ1n) is 6.32. The fraction of sp³-hybridized carbons (Fsp3) is 0.917. The van der Waals surface area contributed by atoms with Crippen LogP contribution < -0.4 is 5.73 Å². The van der Waals surface area contributed by atoms with Crippen molar-refractivity contribution in [1.29, 1.82) is 0 Å². The molecule has 0 unspecified atom stereocenters. The Morgan fingerprint density at radius 2 is 1.76 bits per heavy atom. The average Bonchev–Trinajstić information content (AvgIpc) is 2.38. The molecule has 0 atom stereocenters. The van der Waals surface area contributed by atoms with E-state index in [9.17, 15) is 4.79 Å². The Morgan fingerprint density at radius 1 is 1.18 bits per heavy atom. The van der Waals surface area contributed by atoms with Crippen LogP contribution in [0.5, 0.6) is 0 Å². The topological polar surface area (TPSA) is 70.8 Å². The zero-order valence-electron chi connectivity index (χ0n) is 10.2. The highest BCUT2D eigenvalue weighted by Crippen LogP contribution is 2.21. The van der Waals surface area contributed by atoms with E-state index in [0.29, 0.717) is 38.6 Å². The van der Waals surface area contributed by atoms with E-state index in [1.54, 1.807) is 0 Å². The molecule has 0 aromatic heterocycles. The lowest BCUT2D eigenvalue weighted by atomic mass is 9.91. The molecule has 0 aliphatic carbocycles. The molecule has 0 radical (unpaired) electrons. The summed E-state index contributed by atoms with van der Waals surface area (Å²) in [5, 5.41) is 0. The minimum atomic E-state index is -0.830. The maximum Gasteiger partial charge on any atom is 0.326 e. The van der Waals surface area contributed by atoms with E-state index in [1.807, 2.05) is 0 Å². The fourth-order valence-electron chi connectivity index (χ4n) is 2.19. The van der Waals surface area contributed by atoms with Gasteiger partial charge in [-0.25, -0.2) is 0 Å². The quantitative estimate of drug-likeness (QED) is 0.729. The third-order valence-corrected chi connectivity index (χ3v) is 3.58. The average molecular weight is 243 g/mol. The van der Waals surface area contributed by atoms with Gasteiger partial charge >= 0.3 is 5.97 Å². The minimum Gasteiger partial charge on any atom is -0.464 e. The second-order valence-corrected chi connectivity index (χ2v) is 4.92. The largest absolute Gasteiger partial charge is 0.464 e. The van der Waals surface area contributed by atoms with E-state index in [-0.39, 0.29) is 5.97 Å². The maximum atomic E-state index is 11.9. The molecule has 5 nitrogen and oxygen atoms in total. The first kappa shape index (κ1) is 12.8. The fourth-order valence-corrected chi connectivity index (χ4v) is 2.19. The summed E-state index contributed by atoms with van der Waals surface area (Å²) >= 11 is 0. The van der Waals surface area contributed by atoms with Crippen LogP contribution in [-0.2, 0) is 19.0 Å². The molecule has 0 spiro atoms. The molecular formula is C12H21NO4. The summed E-state index contributed by atoms with van der Waals surface area (Å²) in [5.74, 6) is 0.156. The summed E-state index contributed by atoms with van der Waals surface area (Å²) in [7, 11) is 0. The molecule has 17 heavy (non-hydrogen) atoms. The van der Waals surface area contributed by atoms with Gasteiger partial charge in [-0.3, -0.25) is 4.79 Å². The van der Waals surface area contributed by atoms with E-state index >= 15 is 0 Å². The van der Waals surface area contributed by atoms with Crippen molar-refractivity contribution in [2.45, 2.75) is 31.2 Å². The summed E-state index contributed by atoms with van der Waals surface area (Å²) in [4.78, 5) is 11.9. The lowest BCUT2D eigenvalue weighted by molar-refractivity contribution is -0.156. The van der Waals surface area contributed by atoms with Crippen molar-refractivity contribution in [2.75, 3.05) is 33.0 Å². The minimum absolute atomic E-state index is 0.271. The highest BCUT2D eigenvalue weighted by atomic mass is 16.5. The van der Waals surface area contributed by atoms with Crippen molar-refractivity contribution >= 4 is 5.97 Å². The van der Waals surface area contributed by atoms with Gasteiger partial charge in [-0.15, -0.1) is 0 Å². The Morgan fingerprint density at radius 3 is 2.41 bits per heavy atom. The predicted molar refractivity (Wildman–Crippen MR) is 61.5 cm³/mol. The number of ether oxygens (including phenoxy) is 3. The summed E-state index contributed by atoms with van der Waals surface area (Å²) in [5.41, 5.74) is 5.21. The van der Waals surface area contributed by atoms with E-state index in [4.69, 9.17) is 19.9 Å². The van der Waals surface area contributed by atoms with Crippen LogP contribution in [0.25, 0.3) is 0 Å². The zero-order chi connectivity index (χ0) is 12.1. The molecule has 2 fully saturated rings. The number of rotatable bonds is 3. The number of carbonyl (C=O) groups is 1. The second-order valence-electron chi connectivity index (χ2n) is 4.92. The van der Waals surface area contributed by atoms with Crippen molar-refractivity contribution in [2.24, 2.45) is 11.7 Å². The van der Waals surface area contributed by atoms with Crippen LogP contribution in [0, 0.1) is 5.92 Å². The summed E-state index contributed by atoms with van der Waals surface area (Å²) < 4.78 is 15.8. The lowest BCUT2D eigenvalue weighted by Gasteiger charge is -2.31. The molecule has 0 amide bonds. The molecule has 5 heteroatoms. The van der Waals surface area contributed by atoms with E-state index < -0.39 is 5.54 Å². The van der Waals surface area contributed by atoms with Crippen LogP contribution in [0.15, 0.2) is 0 Å². The molecule has 98 valence electrons. The Balaban J connectivity index is 1.75. The molecule has 2 heterocycles. The summed E-state index contributed by atoms with van der Waals surface area (Å²) in [6.45, 7) is 3.10. The molecule has 0 aromatic rings. The molecule has 2 aliphatic heterocycles. The molecular weight excluding hydrogens is 222 g/mol. The Hall–Kier alpha value is -0.650. The van der Waals surface area contributed by atoms with Gasteiger partial charge in [0.1, 0.15) is 5.54 Å². The van der Waals surface area contributed by atoms with Gasteiger partial charge in [0.15, 0.2) is 0 Å². The maximum absolute atomic E-state index is 11.9. The zero-order valence-corrected chi connectivity index (χ0v) is 10.2.